The first kappa shape index (κ1) is 22.0. The standard InChI is InChI=1S/C20H25ClN2O4S/c1-13-6-7-14(2)17(10-13)15(3)22-20(24)12-23(28(5,25)26)18-11-16(21)8-9-19(18)27-4/h6-11,15H,12H2,1-5H3,(H,22,24)/t15-/m1/s1. The number of rotatable bonds is 7. The Hall–Kier alpha value is -2.25. The number of aryl methyl sites for hydroxylation is 2. The minimum absolute atomic E-state index is 0.215. The molecule has 8 heteroatoms. The zero-order valence-corrected chi connectivity index (χ0v) is 18.2. The van der Waals surface area contributed by atoms with Crippen molar-refractivity contribution in [3.05, 3.63) is 58.1 Å². The van der Waals surface area contributed by atoms with Gasteiger partial charge in [0, 0.05) is 5.02 Å². The molecule has 1 atom stereocenters. The van der Waals surface area contributed by atoms with Gasteiger partial charge in [0.1, 0.15) is 12.3 Å². The van der Waals surface area contributed by atoms with Crippen LogP contribution in [0.1, 0.15) is 29.7 Å². The Morgan fingerprint density at radius 1 is 1.21 bits per heavy atom. The van der Waals surface area contributed by atoms with Crippen molar-refractivity contribution in [3.63, 3.8) is 0 Å². The third-order valence-corrected chi connectivity index (χ3v) is 5.74. The number of halogens is 1. The molecule has 0 saturated carbocycles. The van der Waals surface area contributed by atoms with Gasteiger partial charge in [0.25, 0.3) is 0 Å². The van der Waals surface area contributed by atoms with Crippen molar-refractivity contribution in [2.75, 3.05) is 24.2 Å². The van der Waals surface area contributed by atoms with Gasteiger partial charge < -0.3 is 10.1 Å². The molecule has 0 spiro atoms. The van der Waals surface area contributed by atoms with Crippen LogP contribution in [0.15, 0.2) is 36.4 Å². The van der Waals surface area contributed by atoms with Crippen LogP contribution in [0.25, 0.3) is 0 Å². The number of nitrogens with zero attached hydrogens (tertiary/aromatic N) is 1. The topological polar surface area (TPSA) is 75.7 Å². The molecule has 0 bridgehead atoms. The van der Waals surface area contributed by atoms with E-state index >= 15 is 0 Å². The maximum Gasteiger partial charge on any atom is 0.241 e. The molecule has 28 heavy (non-hydrogen) atoms. The van der Waals surface area contributed by atoms with Crippen LogP contribution in [0.5, 0.6) is 5.75 Å². The van der Waals surface area contributed by atoms with Gasteiger partial charge in [0.15, 0.2) is 0 Å². The predicted molar refractivity (Wildman–Crippen MR) is 113 cm³/mol. The zero-order valence-electron chi connectivity index (χ0n) is 16.6. The van der Waals surface area contributed by atoms with Gasteiger partial charge in [0.2, 0.25) is 15.9 Å². The van der Waals surface area contributed by atoms with E-state index < -0.39 is 15.9 Å². The van der Waals surface area contributed by atoms with Crippen molar-refractivity contribution in [3.8, 4) is 5.75 Å². The molecule has 1 amide bonds. The number of carbonyl (C=O) groups is 1. The van der Waals surface area contributed by atoms with Crippen molar-refractivity contribution < 1.29 is 17.9 Å². The average Bonchev–Trinajstić information content (AvgIpc) is 2.60. The number of anilines is 1. The van der Waals surface area contributed by atoms with E-state index in [0.29, 0.717) is 10.8 Å². The lowest BCUT2D eigenvalue weighted by Crippen LogP contribution is -2.41. The Bertz CT molecular complexity index is 976. The van der Waals surface area contributed by atoms with Crippen LogP contribution >= 0.6 is 11.6 Å². The third-order valence-electron chi connectivity index (χ3n) is 4.38. The fourth-order valence-corrected chi connectivity index (χ4v) is 3.98. The van der Waals surface area contributed by atoms with Crippen LogP contribution < -0.4 is 14.4 Å². The normalized spacial score (nSPS) is 12.4. The number of methoxy groups -OCH3 is 1. The van der Waals surface area contributed by atoms with Crippen LogP contribution in [0, 0.1) is 13.8 Å². The molecular formula is C20H25ClN2O4S. The maximum absolute atomic E-state index is 12.6. The Labute approximate surface area is 171 Å². The van der Waals surface area contributed by atoms with Gasteiger partial charge in [-0.2, -0.15) is 0 Å². The van der Waals surface area contributed by atoms with E-state index in [1.54, 1.807) is 12.1 Å². The second kappa shape index (κ2) is 8.84. The van der Waals surface area contributed by atoms with Crippen molar-refractivity contribution in [1.29, 1.82) is 0 Å². The molecule has 0 radical (unpaired) electrons. The molecule has 0 aliphatic rings. The quantitative estimate of drug-likeness (QED) is 0.736. The highest BCUT2D eigenvalue weighted by atomic mass is 35.5. The number of hydrogen-bond acceptors (Lipinski definition) is 4. The van der Waals surface area contributed by atoms with E-state index in [0.717, 1.165) is 27.3 Å². The van der Waals surface area contributed by atoms with Gasteiger partial charge in [-0.1, -0.05) is 35.4 Å². The second-order valence-corrected chi connectivity index (χ2v) is 9.08. The molecule has 2 aromatic carbocycles. The SMILES string of the molecule is COc1ccc(Cl)cc1N(CC(=O)N[C@H](C)c1cc(C)ccc1C)S(C)(=O)=O. The van der Waals surface area contributed by atoms with E-state index in [2.05, 4.69) is 5.32 Å². The van der Waals surface area contributed by atoms with Crippen LogP contribution in [-0.2, 0) is 14.8 Å². The fraction of sp³-hybridized carbons (Fsp3) is 0.350. The lowest BCUT2D eigenvalue weighted by molar-refractivity contribution is -0.120. The van der Waals surface area contributed by atoms with Crippen LogP contribution in [0.2, 0.25) is 5.02 Å². The number of benzene rings is 2. The van der Waals surface area contributed by atoms with Crippen LogP contribution in [0.3, 0.4) is 0 Å². The molecule has 1 N–H and O–H groups in total. The van der Waals surface area contributed by atoms with Gasteiger partial charge >= 0.3 is 0 Å². The summed E-state index contributed by atoms with van der Waals surface area (Å²) in [6, 6.07) is 10.4. The van der Waals surface area contributed by atoms with Crippen LogP contribution in [0.4, 0.5) is 5.69 Å². The highest BCUT2D eigenvalue weighted by Gasteiger charge is 2.25. The van der Waals surface area contributed by atoms with Crippen LogP contribution in [-0.4, -0.2) is 34.2 Å². The summed E-state index contributed by atoms with van der Waals surface area (Å²) >= 11 is 6.02. The molecule has 0 saturated heterocycles. The van der Waals surface area contributed by atoms with Crippen molar-refractivity contribution >= 4 is 33.2 Å². The number of ether oxygens (including phenoxy) is 1. The molecule has 152 valence electrons. The molecule has 6 nitrogen and oxygen atoms in total. The number of hydrogen-bond donors (Lipinski definition) is 1. The molecular weight excluding hydrogens is 400 g/mol. The Morgan fingerprint density at radius 3 is 2.50 bits per heavy atom. The lowest BCUT2D eigenvalue weighted by atomic mass is 10.00. The van der Waals surface area contributed by atoms with E-state index in [1.165, 1.54) is 13.2 Å². The highest BCUT2D eigenvalue weighted by Crippen LogP contribution is 2.32. The zero-order chi connectivity index (χ0) is 21.1. The Balaban J connectivity index is 2.27. The van der Waals surface area contributed by atoms with E-state index in [9.17, 15) is 13.2 Å². The average molecular weight is 425 g/mol. The fourth-order valence-electron chi connectivity index (χ4n) is 2.96. The minimum atomic E-state index is -3.74. The van der Waals surface area contributed by atoms with Crippen molar-refractivity contribution in [1.82, 2.24) is 5.32 Å². The van der Waals surface area contributed by atoms with Crippen molar-refractivity contribution in [2.45, 2.75) is 26.8 Å². The largest absolute Gasteiger partial charge is 0.495 e. The number of amides is 1. The van der Waals surface area contributed by atoms with E-state index in [-0.39, 0.29) is 18.3 Å². The number of sulfonamides is 1. The summed E-state index contributed by atoms with van der Waals surface area (Å²) in [5.41, 5.74) is 3.34. The second-order valence-electron chi connectivity index (χ2n) is 6.74. The lowest BCUT2D eigenvalue weighted by Gasteiger charge is -2.25. The summed E-state index contributed by atoms with van der Waals surface area (Å²) in [4.78, 5) is 12.6. The molecule has 2 aromatic rings. The summed E-state index contributed by atoms with van der Waals surface area (Å²) in [6.07, 6.45) is 1.04. The maximum atomic E-state index is 12.6. The Morgan fingerprint density at radius 2 is 1.89 bits per heavy atom. The number of carbonyl (C=O) groups excluding carboxylic acids is 1. The monoisotopic (exact) mass is 424 g/mol. The summed E-state index contributed by atoms with van der Waals surface area (Å²) < 4.78 is 30.9. The van der Waals surface area contributed by atoms with E-state index in [1.807, 2.05) is 39.0 Å². The first-order chi connectivity index (χ1) is 13.0. The predicted octanol–water partition coefficient (Wildman–Crippen LogP) is 3.61. The van der Waals surface area contributed by atoms with Crippen molar-refractivity contribution in [2.24, 2.45) is 0 Å². The highest BCUT2D eigenvalue weighted by molar-refractivity contribution is 7.92. The van der Waals surface area contributed by atoms with Gasteiger partial charge in [0.05, 0.1) is 25.1 Å². The first-order valence-electron chi connectivity index (χ1n) is 8.70. The Kier molecular flexibility index (Phi) is 6.96. The summed E-state index contributed by atoms with van der Waals surface area (Å²) in [5, 5.41) is 3.21. The molecule has 0 fully saturated rings. The molecule has 0 aliphatic carbocycles. The summed E-state index contributed by atoms with van der Waals surface area (Å²) in [5.74, 6) is -0.119. The van der Waals surface area contributed by atoms with Gasteiger partial charge in [-0.15, -0.1) is 0 Å². The van der Waals surface area contributed by atoms with Gasteiger partial charge in [-0.05, 0) is 50.1 Å². The first-order valence-corrected chi connectivity index (χ1v) is 10.9. The third kappa shape index (κ3) is 5.39. The minimum Gasteiger partial charge on any atom is -0.495 e. The van der Waals surface area contributed by atoms with Gasteiger partial charge in [-0.25, -0.2) is 8.42 Å². The molecule has 2 rings (SSSR count). The molecule has 0 heterocycles. The smallest absolute Gasteiger partial charge is 0.241 e. The molecule has 0 aromatic heterocycles. The molecule has 0 aliphatic heterocycles. The molecule has 0 unspecified atom stereocenters. The summed E-state index contributed by atoms with van der Waals surface area (Å²) in [7, 11) is -2.32. The van der Waals surface area contributed by atoms with Gasteiger partial charge in [-0.3, -0.25) is 9.10 Å². The number of nitrogens with one attached hydrogen (secondary N) is 1. The van der Waals surface area contributed by atoms with E-state index in [4.69, 9.17) is 16.3 Å². The summed E-state index contributed by atoms with van der Waals surface area (Å²) in [6.45, 7) is 5.43.